The number of likely N-dealkylation sites (tertiary alicyclic amines) is 1. The van der Waals surface area contributed by atoms with E-state index in [1.807, 2.05) is 39.3 Å². The predicted molar refractivity (Wildman–Crippen MR) is 133 cm³/mol. The Morgan fingerprint density at radius 3 is 2.69 bits per heavy atom. The van der Waals surface area contributed by atoms with Crippen molar-refractivity contribution in [1.29, 1.82) is 0 Å². The average Bonchev–Trinajstić information content (AvgIpc) is 3.34. The van der Waals surface area contributed by atoms with E-state index >= 15 is 0 Å². The van der Waals surface area contributed by atoms with E-state index in [-0.39, 0.29) is 42.2 Å². The molecule has 32 heavy (non-hydrogen) atoms. The van der Waals surface area contributed by atoms with Crippen LogP contribution in [0.1, 0.15) is 58.1 Å². The Bertz CT molecular complexity index is 772. The molecule has 2 saturated heterocycles. The van der Waals surface area contributed by atoms with Crippen molar-refractivity contribution in [3.63, 3.8) is 0 Å². The number of aryl methyl sites for hydroxylation is 1. The van der Waals surface area contributed by atoms with Gasteiger partial charge in [-0.15, -0.1) is 34.2 Å². The maximum absolute atomic E-state index is 12.5. The van der Waals surface area contributed by atoms with Gasteiger partial charge < -0.3 is 29.6 Å². The minimum absolute atomic E-state index is 0. The summed E-state index contributed by atoms with van der Waals surface area (Å²) in [5.41, 5.74) is -0.499. The Morgan fingerprint density at radius 2 is 2.06 bits per heavy atom. The Labute approximate surface area is 207 Å². The zero-order valence-electron chi connectivity index (χ0n) is 19.9. The molecule has 1 amide bonds. The van der Waals surface area contributed by atoms with Gasteiger partial charge in [0.05, 0.1) is 6.10 Å². The van der Waals surface area contributed by atoms with Gasteiger partial charge >= 0.3 is 6.09 Å². The van der Waals surface area contributed by atoms with Gasteiger partial charge in [0, 0.05) is 39.3 Å². The van der Waals surface area contributed by atoms with Crippen LogP contribution in [-0.2, 0) is 23.1 Å². The van der Waals surface area contributed by atoms with Crippen LogP contribution < -0.4 is 10.6 Å². The second kappa shape index (κ2) is 12.0. The van der Waals surface area contributed by atoms with E-state index < -0.39 is 5.60 Å². The van der Waals surface area contributed by atoms with Crippen LogP contribution in [0.15, 0.2) is 4.99 Å². The van der Waals surface area contributed by atoms with Crippen molar-refractivity contribution >= 4 is 36.0 Å². The minimum Gasteiger partial charge on any atom is -0.444 e. The number of aromatic nitrogens is 3. The van der Waals surface area contributed by atoms with Crippen molar-refractivity contribution in [2.75, 3.05) is 26.2 Å². The molecule has 1 aromatic heterocycles. The van der Waals surface area contributed by atoms with E-state index in [0.29, 0.717) is 32.1 Å². The Kier molecular flexibility index (Phi) is 9.99. The number of nitrogens with one attached hydrogen (secondary N) is 2. The van der Waals surface area contributed by atoms with E-state index in [1.54, 1.807) is 4.90 Å². The molecule has 2 fully saturated rings. The zero-order chi connectivity index (χ0) is 22.4. The third kappa shape index (κ3) is 8.05. The van der Waals surface area contributed by atoms with Crippen molar-refractivity contribution < 1.29 is 14.3 Å². The molecular formula is C21H38IN7O3. The number of piperidine rings is 1. The molecule has 3 rings (SSSR count). The van der Waals surface area contributed by atoms with E-state index in [4.69, 9.17) is 14.5 Å². The van der Waals surface area contributed by atoms with Crippen molar-refractivity contribution in [2.24, 2.45) is 12.0 Å². The van der Waals surface area contributed by atoms with Crippen LogP contribution in [0, 0.1) is 6.92 Å². The molecule has 0 aliphatic carbocycles. The van der Waals surface area contributed by atoms with E-state index in [9.17, 15) is 4.79 Å². The summed E-state index contributed by atoms with van der Waals surface area (Å²) < 4.78 is 13.2. The zero-order valence-corrected chi connectivity index (χ0v) is 22.2. The summed E-state index contributed by atoms with van der Waals surface area (Å²) in [4.78, 5) is 19.0. The lowest BCUT2D eigenvalue weighted by molar-refractivity contribution is 0.0193. The van der Waals surface area contributed by atoms with Crippen molar-refractivity contribution in [2.45, 2.75) is 77.7 Å². The Hall–Kier alpha value is -1.63. The molecular weight excluding hydrogens is 525 g/mol. The standard InChI is InChI=1S/C21H37N7O3.HI/c1-15-25-26-18(27(15)5)13-23-19(22-12-17-9-7-11-30-17)24-16-8-6-10-28(14-16)20(29)31-21(2,3)4;/h16-17H,6-14H2,1-5H3,(H2,22,23,24);1H. The minimum atomic E-state index is -0.499. The molecule has 0 bridgehead atoms. The maximum atomic E-state index is 12.5. The summed E-state index contributed by atoms with van der Waals surface area (Å²) in [5, 5.41) is 15.2. The number of hydrogen-bond acceptors (Lipinski definition) is 6. The smallest absolute Gasteiger partial charge is 0.410 e. The van der Waals surface area contributed by atoms with Crippen molar-refractivity contribution in [3.05, 3.63) is 11.6 Å². The van der Waals surface area contributed by atoms with Gasteiger partial charge in [0.15, 0.2) is 11.8 Å². The van der Waals surface area contributed by atoms with Gasteiger partial charge in [-0.1, -0.05) is 0 Å². The van der Waals surface area contributed by atoms with Crippen LogP contribution in [0.5, 0.6) is 0 Å². The molecule has 2 unspecified atom stereocenters. The molecule has 10 nitrogen and oxygen atoms in total. The number of carbonyl (C=O) groups is 1. The molecule has 3 heterocycles. The van der Waals surface area contributed by atoms with Crippen molar-refractivity contribution in [1.82, 2.24) is 30.3 Å². The number of amides is 1. The second-order valence-electron chi connectivity index (χ2n) is 9.31. The summed E-state index contributed by atoms with van der Waals surface area (Å²) >= 11 is 0. The van der Waals surface area contributed by atoms with Crippen LogP contribution in [0.3, 0.4) is 0 Å². The third-order valence-electron chi connectivity index (χ3n) is 5.50. The topological polar surface area (TPSA) is 106 Å². The highest BCUT2D eigenvalue weighted by molar-refractivity contribution is 14.0. The number of halogens is 1. The van der Waals surface area contributed by atoms with Gasteiger partial charge in [0.1, 0.15) is 18.0 Å². The van der Waals surface area contributed by atoms with Gasteiger partial charge in [-0.2, -0.15) is 0 Å². The molecule has 2 atom stereocenters. The summed E-state index contributed by atoms with van der Waals surface area (Å²) in [7, 11) is 1.94. The number of rotatable bonds is 5. The molecule has 11 heteroatoms. The fraction of sp³-hybridized carbons (Fsp3) is 0.810. The molecule has 0 saturated carbocycles. The SMILES string of the molecule is Cc1nnc(CN=C(NCC2CCCO2)NC2CCCN(C(=O)OC(C)(C)C)C2)n1C.I. The monoisotopic (exact) mass is 563 g/mol. The highest BCUT2D eigenvalue weighted by Gasteiger charge is 2.28. The lowest BCUT2D eigenvalue weighted by Gasteiger charge is -2.35. The van der Waals surface area contributed by atoms with E-state index in [0.717, 1.165) is 43.9 Å². The number of carbonyl (C=O) groups excluding carboxylic acids is 1. The molecule has 1 aromatic rings. The molecule has 0 spiro atoms. The summed E-state index contributed by atoms with van der Waals surface area (Å²) in [6, 6.07) is 0.0956. The van der Waals surface area contributed by atoms with Crippen LogP contribution >= 0.6 is 24.0 Å². The van der Waals surface area contributed by atoms with Crippen LogP contribution in [0.25, 0.3) is 0 Å². The fourth-order valence-electron chi connectivity index (χ4n) is 3.69. The van der Waals surface area contributed by atoms with E-state index in [1.165, 1.54) is 0 Å². The molecule has 0 radical (unpaired) electrons. The van der Waals surface area contributed by atoms with Gasteiger partial charge in [0.2, 0.25) is 0 Å². The van der Waals surface area contributed by atoms with Gasteiger partial charge in [-0.3, -0.25) is 0 Å². The van der Waals surface area contributed by atoms with Crippen molar-refractivity contribution in [3.8, 4) is 0 Å². The van der Waals surface area contributed by atoms with Crippen LogP contribution in [-0.4, -0.2) is 75.7 Å². The fourth-order valence-corrected chi connectivity index (χ4v) is 3.69. The first kappa shape index (κ1) is 26.6. The molecule has 2 aliphatic rings. The first-order chi connectivity index (χ1) is 14.7. The number of nitrogens with zero attached hydrogens (tertiary/aromatic N) is 5. The summed E-state index contributed by atoms with van der Waals surface area (Å²) in [6.45, 7) is 10.8. The predicted octanol–water partition coefficient (Wildman–Crippen LogP) is 2.36. The normalized spacial score (nSPS) is 21.8. The van der Waals surface area contributed by atoms with Gasteiger partial charge in [-0.25, -0.2) is 9.79 Å². The number of ether oxygens (including phenoxy) is 2. The quantitative estimate of drug-likeness (QED) is 0.322. The Balaban J connectivity index is 0.00000363. The average molecular weight is 563 g/mol. The summed E-state index contributed by atoms with van der Waals surface area (Å²) in [5.74, 6) is 2.36. The number of hydrogen-bond donors (Lipinski definition) is 2. The first-order valence-electron chi connectivity index (χ1n) is 11.2. The van der Waals surface area contributed by atoms with Crippen LogP contribution in [0.2, 0.25) is 0 Å². The number of guanidine groups is 1. The summed E-state index contributed by atoms with van der Waals surface area (Å²) in [6.07, 6.45) is 3.96. The highest BCUT2D eigenvalue weighted by atomic mass is 127. The lowest BCUT2D eigenvalue weighted by atomic mass is 10.1. The lowest BCUT2D eigenvalue weighted by Crippen LogP contribution is -2.53. The highest BCUT2D eigenvalue weighted by Crippen LogP contribution is 2.16. The van der Waals surface area contributed by atoms with E-state index in [2.05, 4.69) is 20.8 Å². The first-order valence-corrected chi connectivity index (χ1v) is 11.2. The molecule has 0 aromatic carbocycles. The van der Waals surface area contributed by atoms with Gasteiger partial charge in [-0.05, 0) is 53.4 Å². The third-order valence-corrected chi connectivity index (χ3v) is 5.50. The molecule has 182 valence electrons. The second-order valence-corrected chi connectivity index (χ2v) is 9.31. The van der Waals surface area contributed by atoms with Crippen LogP contribution in [0.4, 0.5) is 4.79 Å². The number of aliphatic imine (C=N–C) groups is 1. The molecule has 2 N–H and O–H groups in total. The van der Waals surface area contributed by atoms with Gasteiger partial charge in [0.25, 0.3) is 0 Å². The largest absolute Gasteiger partial charge is 0.444 e. The Morgan fingerprint density at radius 1 is 1.28 bits per heavy atom. The molecule has 2 aliphatic heterocycles. The maximum Gasteiger partial charge on any atom is 0.410 e.